The molecule has 1 aliphatic heterocycles. The number of benzene rings is 1. The van der Waals surface area contributed by atoms with Crippen molar-refractivity contribution in [3.05, 3.63) is 29.8 Å². The molecule has 1 aromatic rings. The molecule has 2 N–H and O–H groups in total. The monoisotopic (exact) mass is 278 g/mol. The summed E-state index contributed by atoms with van der Waals surface area (Å²) in [7, 11) is 0. The first-order valence-electron chi connectivity index (χ1n) is 6.75. The van der Waals surface area contributed by atoms with Gasteiger partial charge in [0.25, 0.3) is 0 Å². The van der Waals surface area contributed by atoms with Crippen molar-refractivity contribution in [2.24, 2.45) is 0 Å². The lowest BCUT2D eigenvalue weighted by atomic mass is 9.83. The minimum absolute atomic E-state index is 0.222. The molecule has 3 nitrogen and oxygen atoms in total. The molecule has 4 heteroatoms. The number of nitrogens with two attached hydrogens (primary N) is 1. The number of thioether (sulfide) groups is 1. The Morgan fingerprint density at radius 2 is 1.89 bits per heavy atom. The highest BCUT2D eigenvalue weighted by atomic mass is 32.2. The van der Waals surface area contributed by atoms with E-state index < -0.39 is 5.41 Å². The maximum atomic E-state index is 12.7. The molecule has 1 heterocycles. The van der Waals surface area contributed by atoms with Crippen LogP contribution in [0.1, 0.15) is 25.8 Å². The highest BCUT2D eigenvalue weighted by molar-refractivity contribution is 7.99. The Bertz CT molecular complexity index is 434. The van der Waals surface area contributed by atoms with Crippen molar-refractivity contribution in [1.82, 2.24) is 4.90 Å². The van der Waals surface area contributed by atoms with Gasteiger partial charge in [0, 0.05) is 24.5 Å². The van der Waals surface area contributed by atoms with Crippen LogP contribution in [0.25, 0.3) is 0 Å². The first-order valence-corrected chi connectivity index (χ1v) is 7.90. The molecule has 1 fully saturated rings. The van der Waals surface area contributed by atoms with Gasteiger partial charge >= 0.3 is 0 Å². The third-order valence-corrected chi connectivity index (χ3v) is 4.73. The number of nitrogens with zero attached hydrogens (tertiary/aromatic N) is 1. The summed E-state index contributed by atoms with van der Waals surface area (Å²) < 4.78 is 0. The summed E-state index contributed by atoms with van der Waals surface area (Å²) in [5, 5.41) is 0. The molecule has 0 spiro atoms. The highest BCUT2D eigenvalue weighted by Crippen LogP contribution is 2.27. The van der Waals surface area contributed by atoms with Crippen molar-refractivity contribution in [2.45, 2.75) is 25.7 Å². The van der Waals surface area contributed by atoms with Crippen molar-refractivity contribution in [3.8, 4) is 0 Å². The Labute approximate surface area is 119 Å². The van der Waals surface area contributed by atoms with Gasteiger partial charge in [0.15, 0.2) is 0 Å². The van der Waals surface area contributed by atoms with Gasteiger partial charge < -0.3 is 10.6 Å². The smallest absolute Gasteiger partial charge is 0.232 e. The number of rotatable bonds is 2. The molecule has 1 saturated heterocycles. The summed E-state index contributed by atoms with van der Waals surface area (Å²) in [6.07, 6.45) is 1.09. The fraction of sp³-hybridized carbons (Fsp3) is 0.533. The summed E-state index contributed by atoms with van der Waals surface area (Å²) in [4.78, 5) is 14.8. The molecule has 0 aliphatic carbocycles. The Hall–Kier alpha value is -1.16. The van der Waals surface area contributed by atoms with E-state index in [-0.39, 0.29) is 5.91 Å². The molecule has 1 aliphatic rings. The average Bonchev–Trinajstić information content (AvgIpc) is 2.67. The van der Waals surface area contributed by atoms with Crippen molar-refractivity contribution in [2.75, 3.05) is 30.3 Å². The van der Waals surface area contributed by atoms with E-state index in [1.54, 1.807) is 0 Å². The van der Waals surface area contributed by atoms with Crippen LogP contribution in [0.4, 0.5) is 5.69 Å². The molecule has 104 valence electrons. The van der Waals surface area contributed by atoms with Crippen LogP contribution < -0.4 is 5.73 Å². The Kier molecular flexibility index (Phi) is 4.40. The molecule has 0 aromatic heterocycles. The van der Waals surface area contributed by atoms with Gasteiger partial charge in [-0.3, -0.25) is 4.79 Å². The molecule has 0 saturated carbocycles. The number of carbonyl (C=O) groups is 1. The Morgan fingerprint density at radius 1 is 1.21 bits per heavy atom. The van der Waals surface area contributed by atoms with Crippen LogP contribution in [-0.4, -0.2) is 35.4 Å². The van der Waals surface area contributed by atoms with Crippen LogP contribution in [0.2, 0.25) is 0 Å². The summed E-state index contributed by atoms with van der Waals surface area (Å²) in [6.45, 7) is 5.74. The minimum Gasteiger partial charge on any atom is -0.399 e. The summed E-state index contributed by atoms with van der Waals surface area (Å²) in [6, 6.07) is 7.64. The molecule has 1 amide bonds. The van der Waals surface area contributed by atoms with Crippen LogP contribution >= 0.6 is 11.8 Å². The summed E-state index contributed by atoms with van der Waals surface area (Å²) >= 11 is 1.93. The maximum Gasteiger partial charge on any atom is 0.232 e. The predicted octanol–water partition coefficient (Wildman–Crippen LogP) is 2.51. The number of hydrogen-bond donors (Lipinski definition) is 1. The van der Waals surface area contributed by atoms with Crippen molar-refractivity contribution >= 4 is 23.4 Å². The third kappa shape index (κ3) is 3.24. The molecule has 0 radical (unpaired) electrons. The van der Waals surface area contributed by atoms with Crippen LogP contribution in [0.5, 0.6) is 0 Å². The van der Waals surface area contributed by atoms with E-state index in [1.165, 1.54) is 0 Å². The molecular weight excluding hydrogens is 256 g/mol. The average molecular weight is 278 g/mol. The van der Waals surface area contributed by atoms with Crippen molar-refractivity contribution in [3.63, 3.8) is 0 Å². The van der Waals surface area contributed by atoms with Crippen LogP contribution in [0, 0.1) is 0 Å². The number of nitrogen functional groups attached to an aromatic ring is 1. The molecule has 0 unspecified atom stereocenters. The second kappa shape index (κ2) is 5.87. The van der Waals surface area contributed by atoms with E-state index in [0.29, 0.717) is 0 Å². The van der Waals surface area contributed by atoms with E-state index in [4.69, 9.17) is 5.73 Å². The van der Waals surface area contributed by atoms with E-state index in [0.717, 1.165) is 42.3 Å². The molecule has 2 rings (SSSR count). The number of amides is 1. The normalized spacial score (nSPS) is 17.1. The van der Waals surface area contributed by atoms with Gasteiger partial charge in [-0.1, -0.05) is 12.1 Å². The molecule has 1 aromatic carbocycles. The second-order valence-corrected chi connectivity index (χ2v) is 6.73. The van der Waals surface area contributed by atoms with Gasteiger partial charge in [-0.05, 0) is 43.7 Å². The maximum absolute atomic E-state index is 12.7. The molecule has 19 heavy (non-hydrogen) atoms. The standard InChI is InChI=1S/C15H22N2OS/c1-15(2,12-4-6-13(16)7-5-12)14(18)17-8-3-10-19-11-9-17/h4-7H,3,8-11,16H2,1-2H3. The topological polar surface area (TPSA) is 46.3 Å². The summed E-state index contributed by atoms with van der Waals surface area (Å²) in [5.74, 6) is 2.43. The SMILES string of the molecule is CC(C)(C(=O)N1CCCSCC1)c1ccc(N)cc1. The van der Waals surface area contributed by atoms with E-state index >= 15 is 0 Å². The molecular formula is C15H22N2OS. The van der Waals surface area contributed by atoms with Crippen molar-refractivity contribution < 1.29 is 4.79 Å². The van der Waals surface area contributed by atoms with Crippen molar-refractivity contribution in [1.29, 1.82) is 0 Å². The zero-order chi connectivity index (χ0) is 13.9. The number of carbonyl (C=O) groups excluding carboxylic acids is 1. The lowest BCUT2D eigenvalue weighted by Crippen LogP contribution is -2.44. The third-order valence-electron chi connectivity index (χ3n) is 3.68. The largest absolute Gasteiger partial charge is 0.399 e. The van der Waals surface area contributed by atoms with Gasteiger partial charge in [-0.25, -0.2) is 0 Å². The second-order valence-electron chi connectivity index (χ2n) is 5.51. The van der Waals surface area contributed by atoms with Crippen LogP contribution in [0.15, 0.2) is 24.3 Å². The van der Waals surface area contributed by atoms with E-state index in [9.17, 15) is 4.79 Å². The van der Waals surface area contributed by atoms with Crippen LogP contribution in [0.3, 0.4) is 0 Å². The van der Waals surface area contributed by atoms with Gasteiger partial charge in [-0.15, -0.1) is 0 Å². The van der Waals surface area contributed by atoms with Gasteiger partial charge in [0.1, 0.15) is 0 Å². The highest BCUT2D eigenvalue weighted by Gasteiger charge is 2.33. The van der Waals surface area contributed by atoms with Gasteiger partial charge in [0.2, 0.25) is 5.91 Å². The quantitative estimate of drug-likeness (QED) is 0.846. The molecule has 0 bridgehead atoms. The zero-order valence-electron chi connectivity index (χ0n) is 11.7. The number of hydrogen-bond acceptors (Lipinski definition) is 3. The Morgan fingerprint density at radius 3 is 2.58 bits per heavy atom. The van der Waals surface area contributed by atoms with E-state index in [1.807, 2.05) is 54.8 Å². The van der Waals surface area contributed by atoms with Crippen LogP contribution in [-0.2, 0) is 10.2 Å². The van der Waals surface area contributed by atoms with Gasteiger partial charge in [0.05, 0.1) is 5.41 Å². The Balaban J connectivity index is 2.17. The van der Waals surface area contributed by atoms with E-state index in [2.05, 4.69) is 0 Å². The zero-order valence-corrected chi connectivity index (χ0v) is 12.5. The predicted molar refractivity (Wildman–Crippen MR) is 82.4 cm³/mol. The fourth-order valence-corrected chi connectivity index (χ4v) is 3.25. The lowest BCUT2D eigenvalue weighted by molar-refractivity contribution is -0.136. The number of anilines is 1. The minimum atomic E-state index is -0.483. The fourth-order valence-electron chi connectivity index (χ4n) is 2.37. The summed E-state index contributed by atoms with van der Waals surface area (Å²) in [5.41, 5.74) is 6.99. The molecule has 0 atom stereocenters. The lowest BCUT2D eigenvalue weighted by Gasteiger charge is -2.31. The van der Waals surface area contributed by atoms with Gasteiger partial charge in [-0.2, -0.15) is 11.8 Å². The first-order chi connectivity index (χ1) is 9.01. The first kappa shape index (κ1) is 14.3.